The number of hydrogen-bond acceptors (Lipinski definition) is 4. The van der Waals surface area contributed by atoms with Gasteiger partial charge in [-0.05, 0) is 43.3 Å². The van der Waals surface area contributed by atoms with Gasteiger partial charge in [-0.15, -0.1) is 0 Å². The summed E-state index contributed by atoms with van der Waals surface area (Å²) in [6.07, 6.45) is 1.50. The second-order valence-electron chi connectivity index (χ2n) is 5.92. The first-order chi connectivity index (χ1) is 12.8. The number of benzene rings is 2. The van der Waals surface area contributed by atoms with Crippen molar-refractivity contribution in [3.05, 3.63) is 70.5 Å². The van der Waals surface area contributed by atoms with Crippen molar-refractivity contribution in [2.45, 2.75) is 18.7 Å². The van der Waals surface area contributed by atoms with E-state index < -0.39 is 9.84 Å². The van der Waals surface area contributed by atoms with E-state index in [-0.39, 0.29) is 16.6 Å². The van der Waals surface area contributed by atoms with Gasteiger partial charge in [0.25, 0.3) is 5.91 Å². The molecule has 140 valence electrons. The second-order valence-corrected chi connectivity index (χ2v) is 9.11. The van der Waals surface area contributed by atoms with Gasteiger partial charge < -0.3 is 5.32 Å². The van der Waals surface area contributed by atoms with E-state index in [1.165, 1.54) is 18.3 Å². The summed E-state index contributed by atoms with van der Waals surface area (Å²) in [7, 11) is -3.34. The summed E-state index contributed by atoms with van der Waals surface area (Å²) >= 11 is 3.42. The molecule has 0 radical (unpaired) electrons. The van der Waals surface area contributed by atoms with Crippen LogP contribution in [0.4, 0.5) is 5.69 Å². The van der Waals surface area contributed by atoms with Crippen LogP contribution < -0.4 is 5.32 Å². The van der Waals surface area contributed by atoms with E-state index in [4.69, 9.17) is 0 Å². The minimum atomic E-state index is -3.34. The number of rotatable bonds is 5. The van der Waals surface area contributed by atoms with Crippen LogP contribution in [0.1, 0.15) is 23.0 Å². The van der Waals surface area contributed by atoms with Gasteiger partial charge >= 0.3 is 0 Å². The predicted molar refractivity (Wildman–Crippen MR) is 108 cm³/mol. The third-order valence-corrected chi connectivity index (χ3v) is 6.36. The Bertz CT molecular complexity index is 1110. The maximum atomic E-state index is 12.7. The summed E-state index contributed by atoms with van der Waals surface area (Å²) in [4.78, 5) is 12.8. The van der Waals surface area contributed by atoms with E-state index in [9.17, 15) is 13.2 Å². The molecule has 0 aliphatic carbocycles. The van der Waals surface area contributed by atoms with Crippen LogP contribution in [-0.4, -0.2) is 29.9 Å². The smallest absolute Gasteiger partial charge is 0.259 e. The van der Waals surface area contributed by atoms with Gasteiger partial charge in [-0.3, -0.25) is 4.79 Å². The van der Waals surface area contributed by atoms with E-state index in [0.29, 0.717) is 16.9 Å². The number of hydrogen-bond donors (Lipinski definition) is 1. The maximum absolute atomic E-state index is 12.7. The van der Waals surface area contributed by atoms with Crippen LogP contribution in [-0.2, 0) is 9.84 Å². The molecule has 0 aliphatic rings. The second kappa shape index (κ2) is 7.66. The maximum Gasteiger partial charge on any atom is 0.259 e. The highest BCUT2D eigenvalue weighted by molar-refractivity contribution is 9.10. The van der Waals surface area contributed by atoms with Gasteiger partial charge in [0.15, 0.2) is 9.84 Å². The molecule has 0 fully saturated rings. The van der Waals surface area contributed by atoms with E-state index in [2.05, 4.69) is 26.3 Å². The van der Waals surface area contributed by atoms with Crippen LogP contribution in [0.2, 0.25) is 0 Å². The van der Waals surface area contributed by atoms with Crippen molar-refractivity contribution in [3.63, 3.8) is 0 Å². The Morgan fingerprint density at radius 2 is 1.93 bits per heavy atom. The van der Waals surface area contributed by atoms with Crippen molar-refractivity contribution in [1.29, 1.82) is 0 Å². The van der Waals surface area contributed by atoms with Crippen molar-refractivity contribution in [2.75, 3.05) is 11.1 Å². The third kappa shape index (κ3) is 4.12. The average molecular weight is 448 g/mol. The summed E-state index contributed by atoms with van der Waals surface area (Å²) < 4.78 is 26.6. The van der Waals surface area contributed by atoms with Crippen molar-refractivity contribution >= 4 is 37.4 Å². The van der Waals surface area contributed by atoms with Crippen LogP contribution in [0.15, 0.2) is 64.1 Å². The van der Waals surface area contributed by atoms with E-state index in [1.54, 1.807) is 30.7 Å². The molecule has 3 rings (SSSR count). The summed E-state index contributed by atoms with van der Waals surface area (Å²) in [5.41, 5.74) is 2.35. The van der Waals surface area contributed by atoms with Gasteiger partial charge in [-0.2, -0.15) is 5.10 Å². The molecule has 27 heavy (non-hydrogen) atoms. The Morgan fingerprint density at radius 3 is 2.63 bits per heavy atom. The lowest BCUT2D eigenvalue weighted by molar-refractivity contribution is 0.102. The predicted octanol–water partition coefficient (Wildman–Crippen LogP) is 3.99. The summed E-state index contributed by atoms with van der Waals surface area (Å²) in [5.74, 6) is -0.345. The lowest BCUT2D eigenvalue weighted by atomic mass is 10.2. The fraction of sp³-hybridized carbons (Fsp3) is 0.158. The molecule has 1 amide bonds. The topological polar surface area (TPSA) is 81.1 Å². The zero-order valence-electron chi connectivity index (χ0n) is 14.8. The molecule has 0 unspecified atom stereocenters. The Balaban J connectivity index is 1.87. The Morgan fingerprint density at radius 1 is 1.19 bits per heavy atom. The molecular weight excluding hydrogens is 430 g/mol. The van der Waals surface area contributed by atoms with Crippen LogP contribution >= 0.6 is 15.9 Å². The zero-order valence-corrected chi connectivity index (χ0v) is 17.2. The van der Waals surface area contributed by atoms with Crippen LogP contribution in [0, 0.1) is 6.92 Å². The molecule has 1 aromatic heterocycles. The molecule has 2 aromatic carbocycles. The van der Waals surface area contributed by atoms with Gasteiger partial charge in [0.2, 0.25) is 0 Å². The Hall–Kier alpha value is -2.45. The van der Waals surface area contributed by atoms with Gasteiger partial charge in [0.1, 0.15) is 0 Å². The number of anilines is 1. The van der Waals surface area contributed by atoms with Crippen LogP contribution in [0.5, 0.6) is 0 Å². The minimum Gasteiger partial charge on any atom is -0.322 e. The SMILES string of the molecule is CCS(=O)(=O)c1cccc(NC(=O)c2cnn(-c3cccc(Br)c3)c2C)c1. The highest BCUT2D eigenvalue weighted by atomic mass is 79.9. The first-order valence-electron chi connectivity index (χ1n) is 8.26. The molecule has 0 aliphatic heterocycles. The molecule has 1 heterocycles. The molecule has 1 N–H and O–H groups in total. The zero-order chi connectivity index (χ0) is 19.6. The number of amides is 1. The molecule has 0 atom stereocenters. The molecule has 0 bridgehead atoms. The first kappa shape index (κ1) is 19.3. The highest BCUT2D eigenvalue weighted by Gasteiger charge is 2.17. The molecule has 0 saturated heterocycles. The monoisotopic (exact) mass is 447 g/mol. The molecular formula is C19H18BrN3O3S. The fourth-order valence-electron chi connectivity index (χ4n) is 2.63. The summed E-state index contributed by atoms with van der Waals surface area (Å²) in [5, 5.41) is 7.04. The van der Waals surface area contributed by atoms with Gasteiger partial charge in [-0.1, -0.05) is 35.0 Å². The molecule has 0 saturated carbocycles. The molecule has 3 aromatic rings. The molecule has 6 nitrogen and oxygen atoms in total. The Kier molecular flexibility index (Phi) is 5.48. The van der Waals surface area contributed by atoms with Gasteiger partial charge in [-0.25, -0.2) is 13.1 Å². The average Bonchev–Trinajstić information content (AvgIpc) is 3.03. The lowest BCUT2D eigenvalue weighted by Gasteiger charge is -2.08. The van der Waals surface area contributed by atoms with Crippen molar-refractivity contribution in [2.24, 2.45) is 0 Å². The number of carbonyl (C=O) groups excluding carboxylic acids is 1. The van der Waals surface area contributed by atoms with Gasteiger partial charge in [0.05, 0.1) is 33.8 Å². The summed E-state index contributed by atoms with van der Waals surface area (Å²) in [6.45, 7) is 3.39. The number of halogens is 1. The molecule has 8 heteroatoms. The normalized spacial score (nSPS) is 11.4. The number of sulfone groups is 1. The summed E-state index contributed by atoms with van der Waals surface area (Å²) in [6, 6.07) is 13.8. The standard InChI is InChI=1S/C19H18BrN3O3S/c1-3-27(25,26)17-9-5-7-15(11-17)22-19(24)18-12-21-23(13(18)2)16-8-4-6-14(20)10-16/h4-12H,3H2,1-2H3,(H,22,24). The number of nitrogens with one attached hydrogen (secondary N) is 1. The number of nitrogens with zero attached hydrogens (tertiary/aromatic N) is 2. The van der Waals surface area contributed by atoms with Crippen molar-refractivity contribution in [1.82, 2.24) is 9.78 Å². The van der Waals surface area contributed by atoms with Crippen molar-refractivity contribution in [3.8, 4) is 5.69 Å². The Labute approximate surface area is 166 Å². The first-order valence-corrected chi connectivity index (χ1v) is 10.7. The van der Waals surface area contributed by atoms with E-state index >= 15 is 0 Å². The number of carbonyl (C=O) groups is 1. The minimum absolute atomic E-state index is 0.00289. The third-order valence-electron chi connectivity index (χ3n) is 4.14. The number of aromatic nitrogens is 2. The van der Waals surface area contributed by atoms with Crippen LogP contribution in [0.3, 0.4) is 0 Å². The highest BCUT2D eigenvalue weighted by Crippen LogP contribution is 2.21. The van der Waals surface area contributed by atoms with Crippen molar-refractivity contribution < 1.29 is 13.2 Å². The van der Waals surface area contributed by atoms with E-state index in [0.717, 1.165) is 10.2 Å². The fourth-order valence-corrected chi connectivity index (χ4v) is 3.95. The van der Waals surface area contributed by atoms with E-state index in [1.807, 2.05) is 24.3 Å². The molecule has 0 spiro atoms. The van der Waals surface area contributed by atoms with Crippen LogP contribution in [0.25, 0.3) is 5.69 Å². The lowest BCUT2D eigenvalue weighted by Crippen LogP contribution is -2.14. The van der Waals surface area contributed by atoms with Gasteiger partial charge in [0, 0.05) is 10.2 Å². The quantitative estimate of drug-likeness (QED) is 0.640. The largest absolute Gasteiger partial charge is 0.322 e.